The van der Waals surface area contributed by atoms with Crippen molar-refractivity contribution in [2.75, 3.05) is 12.4 Å². The zero-order valence-corrected chi connectivity index (χ0v) is 13.5. The third-order valence-electron chi connectivity index (χ3n) is 4.45. The number of anilines is 1. The van der Waals surface area contributed by atoms with Gasteiger partial charge in [-0.05, 0) is 43.5 Å². The monoisotopic (exact) mass is 322 g/mol. The third-order valence-corrected chi connectivity index (χ3v) is 4.45. The minimum absolute atomic E-state index is 0.162. The molecule has 0 saturated carbocycles. The van der Waals surface area contributed by atoms with Gasteiger partial charge in [-0.15, -0.1) is 0 Å². The fourth-order valence-corrected chi connectivity index (χ4v) is 3.33. The van der Waals surface area contributed by atoms with Crippen molar-refractivity contribution in [1.29, 1.82) is 0 Å². The average Bonchev–Trinajstić information content (AvgIpc) is 3.01. The summed E-state index contributed by atoms with van der Waals surface area (Å²) in [7, 11) is 1.62. The Labute approximate surface area is 139 Å². The molecule has 0 atom stereocenters. The second-order valence-electron chi connectivity index (χ2n) is 5.93. The molecule has 4 rings (SSSR count). The van der Waals surface area contributed by atoms with Crippen molar-refractivity contribution in [3.63, 3.8) is 0 Å². The SMILES string of the molecule is COc1ccc(C(=O)Nc2cccnc2)c2c3c(oc12)CCCC3. The average molecular weight is 322 g/mol. The van der Waals surface area contributed by atoms with E-state index in [1.165, 1.54) is 0 Å². The topological polar surface area (TPSA) is 64.4 Å². The number of aromatic nitrogens is 1. The van der Waals surface area contributed by atoms with Crippen LogP contribution in [0, 0.1) is 0 Å². The van der Waals surface area contributed by atoms with Crippen LogP contribution in [0.1, 0.15) is 34.5 Å². The number of methoxy groups -OCH3 is 1. The van der Waals surface area contributed by atoms with Crippen LogP contribution >= 0.6 is 0 Å². The molecule has 0 aliphatic heterocycles. The predicted octanol–water partition coefficient (Wildman–Crippen LogP) is 3.97. The Morgan fingerprint density at radius 1 is 1.25 bits per heavy atom. The van der Waals surface area contributed by atoms with Gasteiger partial charge in [-0.1, -0.05) is 0 Å². The van der Waals surface area contributed by atoms with Crippen LogP contribution in [-0.2, 0) is 12.8 Å². The van der Waals surface area contributed by atoms with E-state index in [9.17, 15) is 4.79 Å². The van der Waals surface area contributed by atoms with E-state index in [1.807, 2.05) is 6.07 Å². The maximum atomic E-state index is 12.8. The number of rotatable bonds is 3. The van der Waals surface area contributed by atoms with Gasteiger partial charge in [-0.3, -0.25) is 9.78 Å². The molecular formula is C19H18N2O3. The number of benzene rings is 1. The lowest BCUT2D eigenvalue weighted by atomic mass is 9.93. The summed E-state index contributed by atoms with van der Waals surface area (Å²) in [6, 6.07) is 7.20. The highest BCUT2D eigenvalue weighted by molar-refractivity contribution is 6.14. The Balaban J connectivity index is 1.83. The molecule has 1 amide bonds. The Morgan fingerprint density at radius 2 is 2.12 bits per heavy atom. The number of pyridine rings is 1. The summed E-state index contributed by atoms with van der Waals surface area (Å²) in [6.45, 7) is 0. The minimum atomic E-state index is -0.162. The summed E-state index contributed by atoms with van der Waals surface area (Å²) in [6.07, 6.45) is 7.38. The van der Waals surface area contributed by atoms with Gasteiger partial charge in [-0.2, -0.15) is 0 Å². The third kappa shape index (κ3) is 2.42. The highest BCUT2D eigenvalue weighted by Crippen LogP contribution is 2.38. The van der Waals surface area contributed by atoms with E-state index in [-0.39, 0.29) is 5.91 Å². The highest BCUT2D eigenvalue weighted by Gasteiger charge is 2.25. The second-order valence-corrected chi connectivity index (χ2v) is 5.93. The molecule has 0 bridgehead atoms. The van der Waals surface area contributed by atoms with Gasteiger partial charge in [0, 0.05) is 23.6 Å². The first-order chi connectivity index (χ1) is 11.8. The van der Waals surface area contributed by atoms with Gasteiger partial charge < -0.3 is 14.5 Å². The highest BCUT2D eigenvalue weighted by atomic mass is 16.5. The van der Waals surface area contributed by atoms with Crippen molar-refractivity contribution in [2.45, 2.75) is 25.7 Å². The number of nitrogens with one attached hydrogen (secondary N) is 1. The van der Waals surface area contributed by atoms with Crippen LogP contribution in [0.2, 0.25) is 0 Å². The fraction of sp³-hybridized carbons (Fsp3) is 0.263. The normalized spacial score (nSPS) is 13.5. The van der Waals surface area contributed by atoms with Gasteiger partial charge in [0.25, 0.3) is 5.91 Å². The van der Waals surface area contributed by atoms with E-state index < -0.39 is 0 Å². The van der Waals surface area contributed by atoms with E-state index in [1.54, 1.807) is 37.7 Å². The van der Waals surface area contributed by atoms with E-state index >= 15 is 0 Å². The van der Waals surface area contributed by atoms with Gasteiger partial charge in [-0.25, -0.2) is 0 Å². The largest absolute Gasteiger partial charge is 0.493 e. The zero-order chi connectivity index (χ0) is 16.5. The van der Waals surface area contributed by atoms with E-state index in [4.69, 9.17) is 9.15 Å². The van der Waals surface area contributed by atoms with Crippen molar-refractivity contribution < 1.29 is 13.9 Å². The number of aryl methyl sites for hydroxylation is 2. The van der Waals surface area contributed by atoms with Gasteiger partial charge in [0.15, 0.2) is 11.3 Å². The molecule has 1 aliphatic carbocycles. The number of ether oxygens (including phenoxy) is 1. The molecule has 2 aromatic heterocycles. The van der Waals surface area contributed by atoms with E-state index in [2.05, 4.69) is 10.3 Å². The van der Waals surface area contributed by atoms with Crippen molar-refractivity contribution in [1.82, 2.24) is 4.98 Å². The first kappa shape index (κ1) is 14.8. The molecule has 2 heterocycles. The zero-order valence-electron chi connectivity index (χ0n) is 13.5. The Bertz CT molecular complexity index is 900. The molecule has 1 aliphatic rings. The molecule has 0 radical (unpaired) electrons. The predicted molar refractivity (Wildman–Crippen MR) is 91.6 cm³/mol. The summed E-state index contributed by atoms with van der Waals surface area (Å²) >= 11 is 0. The van der Waals surface area contributed by atoms with Gasteiger partial charge in [0.2, 0.25) is 0 Å². The summed E-state index contributed by atoms with van der Waals surface area (Å²) in [5.41, 5.74) is 3.10. The van der Waals surface area contributed by atoms with E-state index in [0.717, 1.165) is 42.4 Å². The fourth-order valence-electron chi connectivity index (χ4n) is 3.33. The van der Waals surface area contributed by atoms with Crippen LogP contribution in [0.5, 0.6) is 5.75 Å². The summed E-state index contributed by atoms with van der Waals surface area (Å²) < 4.78 is 11.5. The summed E-state index contributed by atoms with van der Waals surface area (Å²) in [5, 5.41) is 3.78. The van der Waals surface area contributed by atoms with Crippen LogP contribution in [0.3, 0.4) is 0 Å². The number of hydrogen-bond acceptors (Lipinski definition) is 4. The van der Waals surface area contributed by atoms with Crippen LogP contribution in [0.25, 0.3) is 11.0 Å². The van der Waals surface area contributed by atoms with E-state index in [0.29, 0.717) is 22.6 Å². The van der Waals surface area contributed by atoms with Crippen LogP contribution in [0.15, 0.2) is 41.1 Å². The lowest BCUT2D eigenvalue weighted by Gasteiger charge is -2.11. The Morgan fingerprint density at radius 3 is 2.92 bits per heavy atom. The van der Waals surface area contributed by atoms with Gasteiger partial charge >= 0.3 is 0 Å². The Hall–Kier alpha value is -2.82. The molecule has 0 spiro atoms. The summed E-state index contributed by atoms with van der Waals surface area (Å²) in [5.74, 6) is 1.48. The maximum absolute atomic E-state index is 12.8. The van der Waals surface area contributed by atoms with Gasteiger partial charge in [0.05, 0.1) is 24.6 Å². The lowest BCUT2D eigenvalue weighted by Crippen LogP contribution is -2.13. The van der Waals surface area contributed by atoms with Crippen LogP contribution < -0.4 is 10.1 Å². The molecule has 0 fully saturated rings. The van der Waals surface area contributed by atoms with Crippen LogP contribution in [-0.4, -0.2) is 18.0 Å². The molecule has 5 nitrogen and oxygen atoms in total. The number of carbonyl (C=O) groups is 1. The number of nitrogens with zero attached hydrogens (tertiary/aromatic N) is 1. The molecule has 5 heteroatoms. The number of furan rings is 1. The molecular weight excluding hydrogens is 304 g/mol. The molecule has 0 saturated heterocycles. The smallest absolute Gasteiger partial charge is 0.256 e. The van der Waals surface area contributed by atoms with Crippen LogP contribution in [0.4, 0.5) is 5.69 Å². The molecule has 122 valence electrons. The lowest BCUT2D eigenvalue weighted by molar-refractivity contribution is 0.102. The summed E-state index contributed by atoms with van der Waals surface area (Å²) in [4.78, 5) is 16.8. The van der Waals surface area contributed by atoms with Gasteiger partial charge in [0.1, 0.15) is 5.76 Å². The number of hydrogen-bond donors (Lipinski definition) is 1. The molecule has 24 heavy (non-hydrogen) atoms. The quantitative estimate of drug-likeness (QED) is 0.792. The number of carbonyl (C=O) groups excluding carboxylic acids is 1. The number of fused-ring (bicyclic) bond motifs is 3. The molecule has 0 unspecified atom stereocenters. The van der Waals surface area contributed by atoms with Crippen molar-refractivity contribution in [3.8, 4) is 5.75 Å². The Kier molecular flexibility index (Phi) is 3.69. The second kappa shape index (κ2) is 6.00. The molecule has 1 aromatic carbocycles. The molecule has 1 N–H and O–H groups in total. The minimum Gasteiger partial charge on any atom is -0.493 e. The standard InChI is InChI=1S/C19H18N2O3/c1-23-16-9-8-14(19(22)21-12-5-4-10-20-11-12)17-13-6-2-3-7-15(13)24-18(16)17/h4-5,8-11H,2-3,6-7H2,1H3,(H,21,22). The number of amides is 1. The van der Waals surface area contributed by atoms with Crippen molar-refractivity contribution >= 4 is 22.6 Å². The first-order valence-corrected chi connectivity index (χ1v) is 8.10. The van der Waals surface area contributed by atoms with Crippen molar-refractivity contribution in [3.05, 3.63) is 53.5 Å². The van der Waals surface area contributed by atoms with Crippen molar-refractivity contribution in [2.24, 2.45) is 0 Å². The maximum Gasteiger partial charge on any atom is 0.256 e. The first-order valence-electron chi connectivity index (χ1n) is 8.10. The molecule has 3 aromatic rings.